The summed E-state index contributed by atoms with van der Waals surface area (Å²) < 4.78 is 10.7. The molecule has 0 saturated heterocycles. The van der Waals surface area contributed by atoms with Gasteiger partial charge in [-0.15, -0.1) is 0 Å². The van der Waals surface area contributed by atoms with E-state index < -0.39 is 6.10 Å². The predicted octanol–water partition coefficient (Wildman–Crippen LogP) is 3.09. The average molecular weight is 343 g/mol. The summed E-state index contributed by atoms with van der Waals surface area (Å²) in [6.45, 7) is 5.79. The van der Waals surface area contributed by atoms with E-state index in [0.717, 1.165) is 11.3 Å². The molecule has 5 nitrogen and oxygen atoms in total. The van der Waals surface area contributed by atoms with Crippen molar-refractivity contribution < 1.29 is 19.4 Å². The van der Waals surface area contributed by atoms with Gasteiger partial charge < -0.3 is 19.9 Å². The molecule has 0 bridgehead atoms. The summed E-state index contributed by atoms with van der Waals surface area (Å²) in [4.78, 5) is 10.9. The van der Waals surface area contributed by atoms with Gasteiger partial charge in [0.05, 0.1) is 6.10 Å². The smallest absolute Gasteiger partial charge is 0.308 e. The molecule has 134 valence electrons. The quantitative estimate of drug-likeness (QED) is 0.569. The molecule has 2 N–H and O–H groups in total. The molecule has 0 saturated carbocycles. The molecular formula is C20H25NO4. The van der Waals surface area contributed by atoms with Crippen LogP contribution in [0.3, 0.4) is 0 Å². The summed E-state index contributed by atoms with van der Waals surface area (Å²) in [6.07, 6.45) is -0.675. The number of nitrogens with one attached hydrogen (secondary N) is 1. The van der Waals surface area contributed by atoms with Crippen LogP contribution in [0.4, 0.5) is 0 Å². The Hall–Kier alpha value is -2.37. The van der Waals surface area contributed by atoms with Crippen LogP contribution in [-0.2, 0) is 4.79 Å². The normalized spacial score (nSPS) is 14.4. The Labute approximate surface area is 148 Å². The maximum Gasteiger partial charge on any atom is 0.308 e. The van der Waals surface area contributed by atoms with Gasteiger partial charge in [0.25, 0.3) is 0 Å². The van der Waals surface area contributed by atoms with Crippen LogP contribution in [-0.4, -0.2) is 29.8 Å². The van der Waals surface area contributed by atoms with Gasteiger partial charge in [0.2, 0.25) is 0 Å². The van der Waals surface area contributed by atoms with Gasteiger partial charge >= 0.3 is 5.97 Å². The predicted molar refractivity (Wildman–Crippen MR) is 96.7 cm³/mol. The number of hydrogen-bond donors (Lipinski definition) is 2. The lowest BCUT2D eigenvalue weighted by molar-refractivity contribution is -0.131. The molecule has 2 aromatic carbocycles. The molecule has 0 spiro atoms. The first-order valence-corrected chi connectivity index (χ1v) is 8.36. The summed E-state index contributed by atoms with van der Waals surface area (Å²) in [5.41, 5.74) is 0.757. The fraction of sp³-hybridized carbons (Fsp3) is 0.350. The number of para-hydroxylation sites is 1. The van der Waals surface area contributed by atoms with Crippen molar-refractivity contribution in [2.24, 2.45) is 0 Å². The minimum absolute atomic E-state index is 0.0742. The summed E-state index contributed by atoms with van der Waals surface area (Å²) in [7, 11) is 0. The standard InChI is InChI=1S/C20H25NO4/c1-14(13-24-18-7-5-4-6-8-18)21-15(2)20(23)17-9-11-19(12-10-17)25-16(3)22/h4-12,14-15,20-21,23H,13H2,1-3H3. The minimum Gasteiger partial charge on any atom is -0.492 e. The first-order valence-electron chi connectivity index (χ1n) is 8.36. The highest BCUT2D eigenvalue weighted by Crippen LogP contribution is 2.21. The number of carbonyl (C=O) groups excluding carboxylic acids is 1. The highest BCUT2D eigenvalue weighted by atomic mass is 16.5. The molecule has 0 radical (unpaired) electrons. The fourth-order valence-corrected chi connectivity index (χ4v) is 2.51. The Morgan fingerprint density at radius 1 is 1.04 bits per heavy atom. The van der Waals surface area contributed by atoms with Crippen LogP contribution < -0.4 is 14.8 Å². The summed E-state index contributed by atoms with van der Waals surface area (Å²) in [5.74, 6) is 0.926. The van der Waals surface area contributed by atoms with Crippen LogP contribution in [0.25, 0.3) is 0 Å². The molecule has 0 amide bonds. The van der Waals surface area contributed by atoms with Gasteiger partial charge in [-0.1, -0.05) is 30.3 Å². The number of aliphatic hydroxyl groups excluding tert-OH is 1. The van der Waals surface area contributed by atoms with Crippen molar-refractivity contribution in [3.63, 3.8) is 0 Å². The molecule has 0 aliphatic heterocycles. The zero-order valence-electron chi connectivity index (χ0n) is 14.8. The van der Waals surface area contributed by atoms with Crippen LogP contribution in [0.1, 0.15) is 32.4 Å². The average Bonchev–Trinajstić information content (AvgIpc) is 2.60. The zero-order valence-corrected chi connectivity index (χ0v) is 14.8. The van der Waals surface area contributed by atoms with E-state index in [4.69, 9.17) is 9.47 Å². The molecule has 0 aliphatic rings. The van der Waals surface area contributed by atoms with Crippen LogP contribution >= 0.6 is 0 Å². The maximum absolute atomic E-state index is 10.9. The lowest BCUT2D eigenvalue weighted by Crippen LogP contribution is -2.41. The largest absolute Gasteiger partial charge is 0.492 e. The van der Waals surface area contributed by atoms with Crippen molar-refractivity contribution in [1.82, 2.24) is 5.32 Å². The van der Waals surface area contributed by atoms with Crippen molar-refractivity contribution in [3.05, 3.63) is 60.2 Å². The van der Waals surface area contributed by atoms with Gasteiger partial charge in [-0.3, -0.25) is 4.79 Å². The Bertz CT molecular complexity index is 657. The fourth-order valence-electron chi connectivity index (χ4n) is 2.51. The van der Waals surface area contributed by atoms with Crippen LogP contribution in [0.2, 0.25) is 0 Å². The number of esters is 1. The number of benzene rings is 2. The molecule has 0 fully saturated rings. The van der Waals surface area contributed by atoms with E-state index in [0.29, 0.717) is 12.4 Å². The molecule has 3 atom stereocenters. The topological polar surface area (TPSA) is 67.8 Å². The van der Waals surface area contributed by atoms with E-state index in [1.54, 1.807) is 24.3 Å². The Kier molecular flexibility index (Phi) is 6.98. The van der Waals surface area contributed by atoms with Crippen LogP contribution in [0.5, 0.6) is 11.5 Å². The summed E-state index contributed by atoms with van der Waals surface area (Å²) in [5, 5.41) is 13.8. The molecule has 0 aromatic heterocycles. The van der Waals surface area contributed by atoms with Crippen LogP contribution in [0.15, 0.2) is 54.6 Å². The second kappa shape index (κ2) is 9.20. The van der Waals surface area contributed by atoms with E-state index in [1.165, 1.54) is 6.92 Å². The van der Waals surface area contributed by atoms with E-state index >= 15 is 0 Å². The second-order valence-electron chi connectivity index (χ2n) is 6.09. The number of carbonyl (C=O) groups is 1. The number of aliphatic hydroxyl groups is 1. The van der Waals surface area contributed by atoms with E-state index in [-0.39, 0.29) is 18.1 Å². The van der Waals surface area contributed by atoms with Gasteiger partial charge in [-0.2, -0.15) is 0 Å². The minimum atomic E-state index is -0.675. The van der Waals surface area contributed by atoms with Crippen molar-refractivity contribution in [2.75, 3.05) is 6.61 Å². The van der Waals surface area contributed by atoms with E-state index in [1.807, 2.05) is 44.2 Å². The Morgan fingerprint density at radius 3 is 2.28 bits per heavy atom. The SMILES string of the molecule is CC(=O)Oc1ccc(C(O)C(C)NC(C)COc2ccccc2)cc1. The lowest BCUT2D eigenvalue weighted by atomic mass is 10.0. The second-order valence-corrected chi connectivity index (χ2v) is 6.09. The van der Waals surface area contributed by atoms with Gasteiger partial charge in [0.15, 0.2) is 0 Å². The third-order valence-corrected chi connectivity index (χ3v) is 3.75. The molecule has 3 unspecified atom stereocenters. The van der Waals surface area contributed by atoms with E-state index in [9.17, 15) is 9.90 Å². The van der Waals surface area contributed by atoms with Crippen molar-refractivity contribution >= 4 is 5.97 Å². The number of rotatable bonds is 8. The third kappa shape index (κ3) is 6.21. The lowest BCUT2D eigenvalue weighted by Gasteiger charge is -2.25. The molecule has 2 aromatic rings. The highest BCUT2D eigenvalue weighted by Gasteiger charge is 2.18. The van der Waals surface area contributed by atoms with E-state index in [2.05, 4.69) is 5.32 Å². The zero-order chi connectivity index (χ0) is 18.2. The molecular weight excluding hydrogens is 318 g/mol. The molecule has 0 aliphatic carbocycles. The van der Waals surface area contributed by atoms with Gasteiger partial charge in [0.1, 0.15) is 18.1 Å². The van der Waals surface area contributed by atoms with Crippen molar-refractivity contribution in [3.8, 4) is 11.5 Å². The molecule has 25 heavy (non-hydrogen) atoms. The number of ether oxygens (including phenoxy) is 2. The first kappa shape index (κ1) is 19.0. The maximum atomic E-state index is 10.9. The van der Waals surface area contributed by atoms with Gasteiger partial charge in [-0.25, -0.2) is 0 Å². The molecule has 5 heteroatoms. The van der Waals surface area contributed by atoms with Crippen LogP contribution in [0, 0.1) is 0 Å². The van der Waals surface area contributed by atoms with Gasteiger partial charge in [-0.05, 0) is 43.7 Å². The monoisotopic (exact) mass is 343 g/mol. The number of hydrogen-bond acceptors (Lipinski definition) is 5. The Morgan fingerprint density at radius 2 is 1.68 bits per heavy atom. The third-order valence-electron chi connectivity index (χ3n) is 3.75. The summed E-state index contributed by atoms with van der Waals surface area (Å²) in [6, 6.07) is 16.4. The first-order chi connectivity index (χ1) is 12.0. The van der Waals surface area contributed by atoms with Crippen molar-refractivity contribution in [1.29, 1.82) is 0 Å². The van der Waals surface area contributed by atoms with Crippen molar-refractivity contribution in [2.45, 2.75) is 39.0 Å². The highest BCUT2D eigenvalue weighted by molar-refractivity contribution is 5.69. The molecule has 2 rings (SSSR count). The summed E-state index contributed by atoms with van der Waals surface area (Å²) >= 11 is 0. The Balaban J connectivity index is 1.84. The van der Waals surface area contributed by atoms with Gasteiger partial charge in [0, 0.05) is 19.0 Å². The molecule has 0 heterocycles.